The molecule has 0 saturated heterocycles. The van der Waals surface area contributed by atoms with Crippen LogP contribution in [0.2, 0.25) is 0 Å². The van der Waals surface area contributed by atoms with Crippen molar-refractivity contribution >= 4 is 18.1 Å². The van der Waals surface area contributed by atoms with Gasteiger partial charge in [0.1, 0.15) is 0 Å². The Kier molecular flexibility index (Phi) is 3.80. The highest BCUT2D eigenvalue weighted by Gasteiger charge is 2.07. The molecule has 1 aromatic carbocycles. The minimum atomic E-state index is -0.517. The van der Waals surface area contributed by atoms with Crippen LogP contribution in [-0.2, 0) is 0 Å². The van der Waals surface area contributed by atoms with Gasteiger partial charge in [0.25, 0.3) is 5.91 Å². The topological polar surface area (TPSA) is 119 Å². The molecule has 0 radical (unpaired) electrons. The van der Waals surface area contributed by atoms with E-state index in [1.807, 2.05) is 0 Å². The number of aliphatic imine (C=N–C) groups is 1. The largest absolute Gasteiger partial charge is 0.411 e. The summed E-state index contributed by atoms with van der Waals surface area (Å²) in [6.45, 7) is 0. The molecule has 102 valence electrons. The molecule has 0 aliphatic rings. The summed E-state index contributed by atoms with van der Waals surface area (Å²) < 4.78 is 1.76. The second-order valence-corrected chi connectivity index (χ2v) is 3.94. The first-order chi connectivity index (χ1) is 9.61. The van der Waals surface area contributed by atoms with Crippen molar-refractivity contribution in [3.05, 3.63) is 53.9 Å². The van der Waals surface area contributed by atoms with Crippen LogP contribution in [0.1, 0.15) is 16.1 Å². The van der Waals surface area contributed by atoms with E-state index in [0.29, 0.717) is 11.3 Å². The molecular weight excluding hydrogens is 258 g/mol. The second kappa shape index (κ2) is 5.70. The lowest BCUT2D eigenvalue weighted by Gasteiger charge is -2.07. The molecule has 0 spiro atoms. The molecule has 2 rings (SSSR count). The molecule has 1 amide bonds. The average molecular weight is 271 g/mol. The normalized spacial score (nSPS) is 10.6. The monoisotopic (exact) mass is 271 g/mol. The molecule has 20 heavy (non-hydrogen) atoms. The zero-order valence-electron chi connectivity index (χ0n) is 10.5. The summed E-state index contributed by atoms with van der Waals surface area (Å²) in [6.07, 6.45) is 3.08. The predicted molar refractivity (Wildman–Crippen MR) is 75.3 cm³/mol. The summed E-state index contributed by atoms with van der Waals surface area (Å²) in [4.78, 5) is 15.3. The Hall–Kier alpha value is -3.09. The van der Waals surface area contributed by atoms with Gasteiger partial charge in [-0.3, -0.25) is 4.79 Å². The van der Waals surface area contributed by atoms with Gasteiger partial charge in [-0.25, -0.2) is 0 Å². The van der Waals surface area contributed by atoms with E-state index in [0.717, 1.165) is 5.69 Å². The van der Waals surface area contributed by atoms with Gasteiger partial charge in [-0.1, -0.05) is 11.2 Å². The summed E-state index contributed by atoms with van der Waals surface area (Å²) >= 11 is 0. The number of rotatable bonds is 3. The number of nitrogens with zero attached hydrogens (tertiary/aromatic N) is 3. The molecular formula is C13H13N5O2. The standard InChI is InChI=1S/C13H13N5O2/c14-13(15)17-12(19)9-3-1-4-10(7-9)18-6-2-5-11(18)8-16-20/h1-8,20H,(H4,14,15,17,19). The summed E-state index contributed by atoms with van der Waals surface area (Å²) in [6, 6.07) is 10.3. The van der Waals surface area contributed by atoms with Gasteiger partial charge in [0, 0.05) is 17.4 Å². The molecule has 0 aliphatic carbocycles. The number of oxime groups is 1. The van der Waals surface area contributed by atoms with Gasteiger partial charge in [0.05, 0.1) is 11.9 Å². The molecule has 1 aromatic heterocycles. The number of guanidine groups is 1. The van der Waals surface area contributed by atoms with Gasteiger partial charge in [-0.05, 0) is 30.3 Å². The first-order valence-corrected chi connectivity index (χ1v) is 5.71. The average Bonchev–Trinajstić information content (AvgIpc) is 2.87. The molecule has 0 atom stereocenters. The van der Waals surface area contributed by atoms with Gasteiger partial charge >= 0.3 is 0 Å². The maximum atomic E-state index is 11.8. The van der Waals surface area contributed by atoms with E-state index >= 15 is 0 Å². The fraction of sp³-hybridized carbons (Fsp3) is 0. The van der Waals surface area contributed by atoms with E-state index in [-0.39, 0.29) is 5.96 Å². The fourth-order valence-electron chi connectivity index (χ4n) is 1.76. The Morgan fingerprint density at radius 1 is 1.25 bits per heavy atom. The number of carbonyl (C=O) groups excluding carboxylic acids is 1. The van der Waals surface area contributed by atoms with E-state index < -0.39 is 5.91 Å². The van der Waals surface area contributed by atoms with Crippen molar-refractivity contribution in [1.82, 2.24) is 4.57 Å². The number of hydrogen-bond donors (Lipinski definition) is 3. The summed E-state index contributed by atoms with van der Waals surface area (Å²) in [5.41, 5.74) is 12.1. The van der Waals surface area contributed by atoms with Gasteiger partial charge in [0.2, 0.25) is 0 Å². The first kappa shape index (κ1) is 13.3. The third-order valence-corrected chi connectivity index (χ3v) is 2.57. The molecule has 1 heterocycles. The second-order valence-electron chi connectivity index (χ2n) is 3.94. The maximum Gasteiger partial charge on any atom is 0.280 e. The number of hydrogen-bond acceptors (Lipinski definition) is 3. The highest BCUT2D eigenvalue weighted by atomic mass is 16.4. The van der Waals surface area contributed by atoms with Gasteiger partial charge in [-0.15, -0.1) is 0 Å². The fourth-order valence-corrected chi connectivity index (χ4v) is 1.76. The van der Waals surface area contributed by atoms with Crippen molar-refractivity contribution < 1.29 is 10.0 Å². The number of aromatic nitrogens is 1. The third-order valence-electron chi connectivity index (χ3n) is 2.57. The van der Waals surface area contributed by atoms with Crippen LogP contribution in [0.3, 0.4) is 0 Å². The highest BCUT2D eigenvalue weighted by Crippen LogP contribution is 2.14. The lowest BCUT2D eigenvalue weighted by Crippen LogP contribution is -2.24. The van der Waals surface area contributed by atoms with Crippen molar-refractivity contribution in [2.45, 2.75) is 0 Å². The van der Waals surface area contributed by atoms with E-state index in [9.17, 15) is 4.79 Å². The Balaban J connectivity index is 2.42. The third kappa shape index (κ3) is 2.83. The molecule has 0 aliphatic heterocycles. The quantitative estimate of drug-likeness (QED) is 0.329. The highest BCUT2D eigenvalue weighted by molar-refractivity contribution is 6.02. The molecule has 7 heteroatoms. The van der Waals surface area contributed by atoms with Crippen LogP contribution in [0.4, 0.5) is 0 Å². The van der Waals surface area contributed by atoms with Crippen LogP contribution in [0.5, 0.6) is 0 Å². The summed E-state index contributed by atoms with van der Waals surface area (Å²) in [5, 5.41) is 11.6. The Morgan fingerprint density at radius 3 is 2.75 bits per heavy atom. The van der Waals surface area contributed by atoms with Crippen LogP contribution in [0, 0.1) is 0 Å². The molecule has 0 unspecified atom stereocenters. The van der Waals surface area contributed by atoms with Crippen molar-refractivity contribution in [1.29, 1.82) is 0 Å². The van der Waals surface area contributed by atoms with Crippen LogP contribution in [-0.4, -0.2) is 27.9 Å². The van der Waals surface area contributed by atoms with Crippen molar-refractivity contribution in [2.75, 3.05) is 0 Å². The van der Waals surface area contributed by atoms with Gasteiger partial charge in [-0.2, -0.15) is 4.99 Å². The minimum Gasteiger partial charge on any atom is -0.411 e. The van der Waals surface area contributed by atoms with E-state index in [4.69, 9.17) is 16.7 Å². The SMILES string of the molecule is NC(N)=NC(=O)c1cccc(-n2cccc2C=NO)c1. The van der Waals surface area contributed by atoms with Crippen molar-refractivity contribution in [2.24, 2.45) is 21.6 Å². The Bertz CT molecular complexity index is 684. The van der Waals surface area contributed by atoms with Crippen molar-refractivity contribution in [3.8, 4) is 5.69 Å². The first-order valence-electron chi connectivity index (χ1n) is 5.71. The minimum absolute atomic E-state index is 0.283. The lowest BCUT2D eigenvalue weighted by atomic mass is 10.2. The predicted octanol–water partition coefficient (Wildman–Crippen LogP) is 0.699. The summed E-state index contributed by atoms with van der Waals surface area (Å²) in [7, 11) is 0. The van der Waals surface area contributed by atoms with Crippen LogP contribution < -0.4 is 11.5 Å². The van der Waals surface area contributed by atoms with Crippen LogP contribution in [0.25, 0.3) is 5.69 Å². The van der Waals surface area contributed by atoms with Crippen LogP contribution >= 0.6 is 0 Å². The number of amides is 1. The van der Waals surface area contributed by atoms with Gasteiger partial charge < -0.3 is 21.2 Å². The number of nitrogens with two attached hydrogens (primary N) is 2. The lowest BCUT2D eigenvalue weighted by molar-refractivity contribution is 0.100. The Morgan fingerprint density at radius 2 is 2.05 bits per heavy atom. The molecule has 7 nitrogen and oxygen atoms in total. The molecule has 0 bridgehead atoms. The maximum absolute atomic E-state index is 11.8. The molecule has 5 N–H and O–H groups in total. The van der Waals surface area contributed by atoms with Crippen molar-refractivity contribution in [3.63, 3.8) is 0 Å². The molecule has 2 aromatic rings. The van der Waals surface area contributed by atoms with Gasteiger partial charge in [0.15, 0.2) is 5.96 Å². The molecule has 0 saturated carbocycles. The van der Waals surface area contributed by atoms with Crippen LogP contribution in [0.15, 0.2) is 52.7 Å². The smallest absolute Gasteiger partial charge is 0.280 e. The zero-order valence-corrected chi connectivity index (χ0v) is 10.5. The van der Waals surface area contributed by atoms with E-state index in [1.54, 1.807) is 47.2 Å². The summed E-state index contributed by atoms with van der Waals surface area (Å²) in [5.74, 6) is -0.800. The number of benzene rings is 1. The molecule has 0 fully saturated rings. The number of carbonyl (C=O) groups is 1. The van der Waals surface area contributed by atoms with E-state index in [1.165, 1.54) is 6.21 Å². The zero-order chi connectivity index (χ0) is 14.5. The Labute approximate surface area is 114 Å². The van der Waals surface area contributed by atoms with E-state index in [2.05, 4.69) is 10.1 Å².